The van der Waals surface area contributed by atoms with Gasteiger partial charge in [0.05, 0.1) is 0 Å². The molecule has 0 saturated carbocycles. The van der Waals surface area contributed by atoms with Crippen LogP contribution in [0.5, 0.6) is 0 Å². The van der Waals surface area contributed by atoms with E-state index < -0.39 is 0 Å². The van der Waals surface area contributed by atoms with E-state index in [0.29, 0.717) is 0 Å². The lowest BCUT2D eigenvalue weighted by molar-refractivity contribution is 1.62. The van der Waals surface area contributed by atoms with Crippen LogP contribution in [0.3, 0.4) is 0 Å². The number of fused-ring (bicyclic) bond motifs is 6. The molecule has 0 amide bonds. The second kappa shape index (κ2) is 16.5. The van der Waals surface area contributed by atoms with E-state index in [9.17, 15) is 0 Å². The third kappa shape index (κ3) is 6.86. The predicted molar refractivity (Wildman–Crippen MR) is 294 cm³/mol. The Morgan fingerprint density at radius 1 is 0.176 bits per heavy atom. The lowest BCUT2D eigenvalue weighted by Crippen LogP contribution is -1.93. The summed E-state index contributed by atoms with van der Waals surface area (Å²) in [6.07, 6.45) is 4.41. The van der Waals surface area contributed by atoms with Crippen molar-refractivity contribution < 1.29 is 0 Å². The molecule has 0 aliphatic carbocycles. The van der Waals surface area contributed by atoms with E-state index >= 15 is 0 Å². The Kier molecular flexibility index (Phi) is 9.62. The summed E-state index contributed by atoms with van der Waals surface area (Å²) in [4.78, 5) is 0. The maximum atomic E-state index is 2.45. The van der Waals surface area contributed by atoms with E-state index in [1.807, 2.05) is 0 Å². The summed E-state index contributed by atoms with van der Waals surface area (Å²) in [6.45, 7) is 0. The molecule has 316 valence electrons. The summed E-state index contributed by atoms with van der Waals surface area (Å²) in [6, 6.07) is 94.0. The zero-order chi connectivity index (χ0) is 45.0. The number of hydrogen-bond donors (Lipinski definition) is 0. The highest BCUT2D eigenvalue weighted by Gasteiger charge is 2.20. The molecule has 0 nitrogen and oxygen atoms in total. The van der Waals surface area contributed by atoms with Crippen molar-refractivity contribution in [1.29, 1.82) is 0 Å². The van der Waals surface area contributed by atoms with Crippen LogP contribution in [-0.4, -0.2) is 0 Å². The number of rotatable bonds is 7. The summed E-state index contributed by atoms with van der Waals surface area (Å²) in [7, 11) is 0. The van der Waals surface area contributed by atoms with E-state index in [2.05, 4.69) is 267 Å². The van der Waals surface area contributed by atoms with Crippen molar-refractivity contribution in [2.45, 2.75) is 0 Å². The van der Waals surface area contributed by atoms with Gasteiger partial charge >= 0.3 is 0 Å². The normalized spacial score (nSPS) is 11.8. The van der Waals surface area contributed by atoms with E-state index in [1.54, 1.807) is 0 Å². The molecule has 0 aromatic heterocycles. The van der Waals surface area contributed by atoms with E-state index in [1.165, 1.54) is 131 Å². The van der Waals surface area contributed by atoms with E-state index in [-0.39, 0.29) is 0 Å². The van der Waals surface area contributed by atoms with Crippen LogP contribution >= 0.6 is 0 Å². The molecule has 13 aromatic carbocycles. The Hall–Kier alpha value is -8.84. The lowest BCUT2D eigenvalue weighted by Gasteiger charge is -2.20. The highest BCUT2D eigenvalue weighted by molar-refractivity contribution is 6.24. The lowest BCUT2D eigenvalue weighted by atomic mass is 9.83. The van der Waals surface area contributed by atoms with Gasteiger partial charge in [0, 0.05) is 0 Å². The Morgan fingerprint density at radius 2 is 0.529 bits per heavy atom. The minimum Gasteiger partial charge on any atom is -0.0622 e. The molecule has 68 heavy (non-hydrogen) atoms. The fourth-order valence-electron chi connectivity index (χ4n) is 10.8. The van der Waals surface area contributed by atoms with Crippen LogP contribution in [0.2, 0.25) is 0 Å². The summed E-state index contributed by atoms with van der Waals surface area (Å²) in [5, 5.41) is 14.9. The van der Waals surface area contributed by atoms with Gasteiger partial charge in [-0.2, -0.15) is 0 Å². The minimum absolute atomic E-state index is 1.17. The molecule has 0 radical (unpaired) electrons. The maximum Gasteiger partial charge on any atom is -0.00259 e. The largest absolute Gasteiger partial charge is 0.0622 e. The SMILES string of the molecule is C(=C\c1cccc(-c2c3ccccc3c(-c3cccc(-c4ccc5c(-c6ccc7ccccc7c6)c6ccccc6c(-c6ccc7ccccc7c6)c5c4)c3)c3ccccc23)c1)/c1ccccc1. The number of hydrogen-bond acceptors (Lipinski definition) is 0. The third-order valence-corrected chi connectivity index (χ3v) is 14.0. The fraction of sp³-hybridized carbons (Fsp3) is 0. The van der Waals surface area contributed by atoms with Gasteiger partial charge in [0.15, 0.2) is 0 Å². The molecule has 0 spiro atoms. The molecular formula is C68H44. The molecule has 0 N–H and O–H groups in total. The van der Waals surface area contributed by atoms with E-state index in [4.69, 9.17) is 0 Å². The van der Waals surface area contributed by atoms with E-state index in [0.717, 1.165) is 0 Å². The van der Waals surface area contributed by atoms with Gasteiger partial charge in [0.2, 0.25) is 0 Å². The summed E-state index contributed by atoms with van der Waals surface area (Å²) in [5.41, 5.74) is 14.6. The molecule has 0 heteroatoms. The van der Waals surface area contributed by atoms with Gasteiger partial charge in [0.1, 0.15) is 0 Å². The predicted octanol–water partition coefficient (Wildman–Crippen LogP) is 19.1. The zero-order valence-corrected chi connectivity index (χ0v) is 37.4. The van der Waals surface area contributed by atoms with Gasteiger partial charge < -0.3 is 0 Å². The summed E-state index contributed by atoms with van der Waals surface area (Å²) in [5.74, 6) is 0. The van der Waals surface area contributed by atoms with Crippen LogP contribution in [0.4, 0.5) is 0 Å². The van der Waals surface area contributed by atoms with Crippen LogP contribution in [-0.2, 0) is 0 Å². The molecule has 0 heterocycles. The molecule has 13 rings (SSSR count). The van der Waals surface area contributed by atoms with Crippen LogP contribution in [0.1, 0.15) is 11.1 Å². The average Bonchev–Trinajstić information content (AvgIpc) is 3.41. The van der Waals surface area contributed by atoms with Gasteiger partial charge in [-0.1, -0.05) is 237 Å². The van der Waals surface area contributed by atoms with Gasteiger partial charge in [-0.3, -0.25) is 0 Å². The Morgan fingerprint density at radius 3 is 1.07 bits per heavy atom. The second-order valence-corrected chi connectivity index (χ2v) is 18.0. The molecule has 0 aliphatic heterocycles. The smallest absolute Gasteiger partial charge is 0.00259 e. The van der Waals surface area contributed by atoms with Gasteiger partial charge in [0.25, 0.3) is 0 Å². The first-order chi connectivity index (χ1) is 33.7. The monoisotopic (exact) mass is 860 g/mol. The van der Waals surface area contributed by atoms with Crippen molar-refractivity contribution in [3.63, 3.8) is 0 Å². The molecule has 0 saturated heterocycles. The van der Waals surface area contributed by atoms with Crippen molar-refractivity contribution in [1.82, 2.24) is 0 Å². The topological polar surface area (TPSA) is 0 Å². The molecule has 0 aliphatic rings. The third-order valence-electron chi connectivity index (χ3n) is 14.0. The minimum atomic E-state index is 1.17. The maximum absolute atomic E-state index is 2.45. The second-order valence-electron chi connectivity index (χ2n) is 18.0. The van der Waals surface area contributed by atoms with Crippen molar-refractivity contribution in [3.8, 4) is 55.6 Å². The summed E-state index contributed by atoms with van der Waals surface area (Å²) >= 11 is 0. The van der Waals surface area contributed by atoms with Crippen LogP contribution in [0.15, 0.2) is 255 Å². The Labute approximate surface area is 396 Å². The molecule has 0 atom stereocenters. The van der Waals surface area contributed by atoms with Crippen molar-refractivity contribution >= 4 is 76.8 Å². The summed E-state index contributed by atoms with van der Waals surface area (Å²) < 4.78 is 0. The Balaban J connectivity index is 1.01. The van der Waals surface area contributed by atoms with Crippen molar-refractivity contribution in [2.24, 2.45) is 0 Å². The average molecular weight is 861 g/mol. The quantitative estimate of drug-likeness (QED) is 0.111. The first kappa shape index (κ1) is 39.5. The van der Waals surface area contributed by atoms with Gasteiger partial charge in [-0.05, 0) is 162 Å². The molecular weight excluding hydrogens is 817 g/mol. The van der Waals surface area contributed by atoms with Crippen LogP contribution < -0.4 is 0 Å². The zero-order valence-electron chi connectivity index (χ0n) is 37.4. The fourth-order valence-corrected chi connectivity index (χ4v) is 10.8. The molecule has 13 aromatic rings. The highest BCUT2D eigenvalue weighted by atomic mass is 14.2. The molecule has 0 bridgehead atoms. The van der Waals surface area contributed by atoms with Crippen LogP contribution in [0, 0.1) is 0 Å². The first-order valence-corrected chi connectivity index (χ1v) is 23.6. The molecule has 0 unspecified atom stereocenters. The Bertz CT molecular complexity index is 4080. The first-order valence-electron chi connectivity index (χ1n) is 23.6. The molecule has 0 fully saturated rings. The van der Waals surface area contributed by atoms with Crippen molar-refractivity contribution in [3.05, 3.63) is 266 Å². The van der Waals surface area contributed by atoms with Crippen molar-refractivity contribution in [2.75, 3.05) is 0 Å². The van der Waals surface area contributed by atoms with Gasteiger partial charge in [-0.15, -0.1) is 0 Å². The standard InChI is InChI=1S/C68H44/c1-2-16-45(17-3-1)32-33-46-18-14-24-53(40-46)65-57-26-8-10-28-59(57)66(60-29-11-9-27-58(60)65)54-25-15-23-51(43-54)52-38-39-63-64(44-52)68(56-37-35-48-20-5-7-22-50(48)42-56)62-31-13-12-30-61(62)67(63)55-36-34-47-19-4-6-21-49(47)41-55/h1-44H/b33-32+. The van der Waals surface area contributed by atoms with Crippen LogP contribution in [0.25, 0.3) is 132 Å². The van der Waals surface area contributed by atoms with Gasteiger partial charge in [-0.25, -0.2) is 0 Å². The number of benzene rings is 13. The highest BCUT2D eigenvalue weighted by Crippen LogP contribution is 2.48.